The van der Waals surface area contributed by atoms with Crippen LogP contribution in [-0.4, -0.2) is 7.05 Å². The fourth-order valence-corrected chi connectivity index (χ4v) is 3.13. The van der Waals surface area contributed by atoms with Gasteiger partial charge >= 0.3 is 0 Å². The minimum absolute atomic E-state index is 1.11. The van der Waals surface area contributed by atoms with E-state index in [1.807, 2.05) is 0 Å². The molecule has 18 heavy (non-hydrogen) atoms. The Kier molecular flexibility index (Phi) is 2.90. The van der Waals surface area contributed by atoms with Crippen LogP contribution in [0.3, 0.4) is 0 Å². The third-order valence-corrected chi connectivity index (χ3v) is 4.16. The quantitative estimate of drug-likeness (QED) is 0.686. The molecule has 0 saturated heterocycles. The summed E-state index contributed by atoms with van der Waals surface area (Å²) < 4.78 is 1.16. The summed E-state index contributed by atoms with van der Waals surface area (Å²) in [5, 5.41) is 0. The van der Waals surface area contributed by atoms with Gasteiger partial charge in [-0.05, 0) is 55.2 Å². The van der Waals surface area contributed by atoms with Gasteiger partial charge in [-0.2, -0.15) is 0 Å². The molecule has 1 heterocycles. The molecule has 2 aromatic rings. The van der Waals surface area contributed by atoms with Gasteiger partial charge in [0.15, 0.2) is 0 Å². The molecule has 0 fully saturated rings. The van der Waals surface area contributed by atoms with Gasteiger partial charge < -0.3 is 4.90 Å². The zero-order chi connectivity index (χ0) is 12.7. The third kappa shape index (κ3) is 1.95. The lowest BCUT2D eigenvalue weighted by Crippen LogP contribution is -2.11. The van der Waals surface area contributed by atoms with E-state index in [9.17, 15) is 0 Å². The molecular formula is C16H16BrN. The number of rotatable bonds is 0. The number of hydrogen-bond donors (Lipinski definition) is 0. The maximum atomic E-state index is 3.56. The smallest absolute Gasteiger partial charge is 0.0441 e. The van der Waals surface area contributed by atoms with Crippen molar-refractivity contribution < 1.29 is 0 Å². The van der Waals surface area contributed by atoms with Gasteiger partial charge in [0.1, 0.15) is 0 Å². The summed E-state index contributed by atoms with van der Waals surface area (Å²) in [6.07, 6.45) is 2.22. The topological polar surface area (TPSA) is 3.24 Å². The zero-order valence-electron chi connectivity index (χ0n) is 10.7. The molecule has 92 valence electrons. The highest BCUT2D eigenvalue weighted by Gasteiger charge is 2.17. The molecule has 0 saturated carbocycles. The van der Waals surface area contributed by atoms with Crippen molar-refractivity contribution in [3.8, 4) is 0 Å². The summed E-state index contributed by atoms with van der Waals surface area (Å²) in [7, 11) is 2.16. The van der Waals surface area contributed by atoms with Gasteiger partial charge in [0, 0.05) is 22.9 Å². The van der Waals surface area contributed by atoms with Crippen LogP contribution in [0.1, 0.15) is 16.7 Å². The average Bonchev–Trinajstić information content (AvgIpc) is 2.47. The van der Waals surface area contributed by atoms with E-state index in [2.05, 4.69) is 71.2 Å². The molecule has 1 aliphatic heterocycles. The van der Waals surface area contributed by atoms with Gasteiger partial charge in [0.05, 0.1) is 0 Å². The van der Waals surface area contributed by atoms with Crippen molar-refractivity contribution in [2.75, 3.05) is 11.9 Å². The first-order valence-corrected chi connectivity index (χ1v) is 7.06. The standard InChI is InChI=1S/C16H16BrN/c1-11-3-7-15-12(9-11)4-5-13-10-14(17)6-8-16(13)18(15)2/h3,6-10H,4-5H2,1-2H3. The number of benzene rings is 2. The van der Waals surface area contributed by atoms with Crippen LogP contribution < -0.4 is 4.90 Å². The number of hydrogen-bond acceptors (Lipinski definition) is 1. The van der Waals surface area contributed by atoms with Crippen LogP contribution in [0.5, 0.6) is 0 Å². The zero-order valence-corrected chi connectivity index (χ0v) is 12.3. The van der Waals surface area contributed by atoms with Crippen molar-refractivity contribution >= 4 is 27.3 Å². The Morgan fingerprint density at radius 1 is 0.944 bits per heavy atom. The fourth-order valence-electron chi connectivity index (χ4n) is 2.72. The van der Waals surface area contributed by atoms with Crippen LogP contribution in [0, 0.1) is 6.92 Å². The normalized spacial score (nSPS) is 13.8. The minimum atomic E-state index is 1.11. The Morgan fingerprint density at radius 2 is 1.56 bits per heavy atom. The van der Waals surface area contributed by atoms with E-state index < -0.39 is 0 Å². The monoisotopic (exact) mass is 301 g/mol. The molecule has 0 bridgehead atoms. The fraction of sp³-hybridized carbons (Fsp3) is 0.250. The van der Waals surface area contributed by atoms with Gasteiger partial charge in [0.25, 0.3) is 0 Å². The van der Waals surface area contributed by atoms with Crippen molar-refractivity contribution in [3.63, 3.8) is 0 Å². The van der Waals surface area contributed by atoms with Crippen LogP contribution in [0.25, 0.3) is 0 Å². The van der Waals surface area contributed by atoms with Crippen LogP contribution in [-0.2, 0) is 12.8 Å². The molecule has 0 aromatic heterocycles. The highest BCUT2D eigenvalue weighted by molar-refractivity contribution is 9.10. The summed E-state index contributed by atoms with van der Waals surface area (Å²) in [6, 6.07) is 13.3. The molecule has 1 nitrogen and oxygen atoms in total. The van der Waals surface area contributed by atoms with Gasteiger partial charge in [-0.25, -0.2) is 0 Å². The van der Waals surface area contributed by atoms with E-state index in [1.165, 1.54) is 28.1 Å². The van der Waals surface area contributed by atoms with E-state index in [1.54, 1.807) is 0 Å². The first kappa shape index (κ1) is 11.8. The third-order valence-electron chi connectivity index (χ3n) is 3.66. The predicted octanol–water partition coefficient (Wildman–Crippen LogP) is 4.62. The first-order valence-electron chi connectivity index (χ1n) is 6.27. The molecular weight excluding hydrogens is 286 g/mol. The van der Waals surface area contributed by atoms with Gasteiger partial charge in [0.2, 0.25) is 0 Å². The second kappa shape index (κ2) is 4.43. The molecule has 0 spiro atoms. The van der Waals surface area contributed by atoms with E-state index in [0.717, 1.165) is 17.3 Å². The SMILES string of the molecule is Cc1ccc2c(c1)CCc1cc(Br)ccc1N2C. The van der Waals surface area contributed by atoms with Crippen molar-refractivity contribution in [3.05, 3.63) is 57.6 Å². The lowest BCUT2D eigenvalue weighted by Gasteiger charge is -2.22. The molecule has 0 radical (unpaired) electrons. The number of nitrogens with zero attached hydrogens (tertiary/aromatic N) is 1. The Balaban J connectivity index is 2.15. The molecule has 0 aliphatic carbocycles. The lowest BCUT2D eigenvalue weighted by molar-refractivity contribution is 0.974. The van der Waals surface area contributed by atoms with E-state index in [0.29, 0.717) is 0 Å². The highest BCUT2D eigenvalue weighted by atomic mass is 79.9. The minimum Gasteiger partial charge on any atom is -0.344 e. The second-order valence-electron chi connectivity index (χ2n) is 4.96. The van der Waals surface area contributed by atoms with Crippen molar-refractivity contribution in [2.45, 2.75) is 19.8 Å². The number of aryl methyl sites for hydroxylation is 3. The Morgan fingerprint density at radius 3 is 2.28 bits per heavy atom. The van der Waals surface area contributed by atoms with E-state index in [4.69, 9.17) is 0 Å². The van der Waals surface area contributed by atoms with Crippen LogP contribution >= 0.6 is 15.9 Å². The van der Waals surface area contributed by atoms with Gasteiger partial charge in [-0.1, -0.05) is 33.6 Å². The Hall–Kier alpha value is -1.28. The number of fused-ring (bicyclic) bond motifs is 2. The Bertz CT molecular complexity index is 551. The van der Waals surface area contributed by atoms with E-state index in [-0.39, 0.29) is 0 Å². The summed E-state index contributed by atoms with van der Waals surface area (Å²) >= 11 is 3.56. The molecule has 0 unspecified atom stereocenters. The van der Waals surface area contributed by atoms with Crippen molar-refractivity contribution in [1.82, 2.24) is 0 Å². The predicted molar refractivity (Wildman–Crippen MR) is 80.8 cm³/mol. The molecule has 0 N–H and O–H groups in total. The Labute approximate surface area is 117 Å². The molecule has 0 amide bonds. The molecule has 1 aliphatic rings. The van der Waals surface area contributed by atoms with Crippen LogP contribution in [0.4, 0.5) is 11.4 Å². The van der Waals surface area contributed by atoms with Gasteiger partial charge in [-0.15, -0.1) is 0 Å². The lowest BCUT2D eigenvalue weighted by atomic mass is 10.0. The molecule has 2 aromatic carbocycles. The van der Waals surface area contributed by atoms with Crippen molar-refractivity contribution in [2.24, 2.45) is 0 Å². The van der Waals surface area contributed by atoms with E-state index >= 15 is 0 Å². The van der Waals surface area contributed by atoms with Crippen LogP contribution in [0.15, 0.2) is 40.9 Å². The highest BCUT2D eigenvalue weighted by Crippen LogP contribution is 2.36. The summed E-state index contributed by atoms with van der Waals surface area (Å²) in [5.41, 5.74) is 6.86. The maximum absolute atomic E-state index is 3.56. The first-order chi connectivity index (χ1) is 8.65. The summed E-state index contributed by atoms with van der Waals surface area (Å²) in [4.78, 5) is 2.31. The second-order valence-corrected chi connectivity index (χ2v) is 5.88. The molecule has 0 atom stereocenters. The summed E-state index contributed by atoms with van der Waals surface area (Å²) in [6.45, 7) is 2.16. The largest absolute Gasteiger partial charge is 0.344 e. The summed E-state index contributed by atoms with van der Waals surface area (Å²) in [5.74, 6) is 0. The molecule has 3 rings (SSSR count). The average molecular weight is 302 g/mol. The van der Waals surface area contributed by atoms with Crippen LogP contribution in [0.2, 0.25) is 0 Å². The van der Waals surface area contributed by atoms with Gasteiger partial charge in [-0.3, -0.25) is 0 Å². The number of halogens is 1. The van der Waals surface area contributed by atoms with Crippen molar-refractivity contribution in [1.29, 1.82) is 0 Å². The maximum Gasteiger partial charge on any atom is 0.0441 e. The number of anilines is 2. The molecule has 2 heteroatoms.